The van der Waals surface area contributed by atoms with Gasteiger partial charge in [-0.05, 0) is 30.5 Å². The van der Waals surface area contributed by atoms with Gasteiger partial charge in [0.1, 0.15) is 5.82 Å². The van der Waals surface area contributed by atoms with Crippen LogP contribution in [0.15, 0.2) is 24.3 Å². The minimum atomic E-state index is -2.88. The van der Waals surface area contributed by atoms with Crippen molar-refractivity contribution in [3.8, 4) is 0 Å². The molecule has 0 saturated carbocycles. The molecule has 1 aliphatic heterocycles. The molecule has 0 bridgehead atoms. The third-order valence-corrected chi connectivity index (χ3v) is 6.57. The van der Waals surface area contributed by atoms with Crippen LogP contribution in [0.25, 0.3) is 0 Å². The Morgan fingerprint density at radius 2 is 2.05 bits per heavy atom. The number of nitrogens with one attached hydrogen (secondary N) is 1. The minimum Gasteiger partial charge on any atom is -0.355 e. The molecule has 4 nitrogen and oxygen atoms in total. The number of amides is 1. The standard InChI is InChI=1S/C14H18FNO3S2/c15-12-3-1-11(2-4-12)5-7-16-14(17)9-20-13-6-8-21(18,19)10-13/h1-4,13H,5-10H2,(H,16,17)/t13-/m0/s1. The van der Waals surface area contributed by atoms with Gasteiger partial charge >= 0.3 is 0 Å². The van der Waals surface area contributed by atoms with Crippen molar-refractivity contribution in [1.29, 1.82) is 0 Å². The van der Waals surface area contributed by atoms with E-state index in [4.69, 9.17) is 0 Å². The van der Waals surface area contributed by atoms with E-state index in [2.05, 4.69) is 5.32 Å². The van der Waals surface area contributed by atoms with Crippen LogP contribution in [0.1, 0.15) is 12.0 Å². The summed E-state index contributed by atoms with van der Waals surface area (Å²) in [5.74, 6) is 0.332. The van der Waals surface area contributed by atoms with Crippen LogP contribution in [-0.2, 0) is 21.1 Å². The molecule has 1 aromatic carbocycles. The zero-order valence-electron chi connectivity index (χ0n) is 11.5. The van der Waals surface area contributed by atoms with Gasteiger partial charge in [0.2, 0.25) is 5.91 Å². The molecule has 0 unspecified atom stereocenters. The number of rotatable bonds is 6. The van der Waals surface area contributed by atoms with Crippen LogP contribution in [0, 0.1) is 5.82 Å². The fourth-order valence-electron chi connectivity index (χ4n) is 2.13. The molecule has 21 heavy (non-hydrogen) atoms. The average molecular weight is 331 g/mol. The van der Waals surface area contributed by atoms with Crippen molar-refractivity contribution in [3.63, 3.8) is 0 Å². The van der Waals surface area contributed by atoms with Crippen molar-refractivity contribution in [3.05, 3.63) is 35.6 Å². The van der Waals surface area contributed by atoms with Gasteiger partial charge in [0.25, 0.3) is 0 Å². The van der Waals surface area contributed by atoms with Gasteiger partial charge in [0.15, 0.2) is 9.84 Å². The lowest BCUT2D eigenvalue weighted by atomic mass is 10.1. The average Bonchev–Trinajstić information content (AvgIpc) is 2.78. The predicted octanol–water partition coefficient (Wildman–Crippen LogP) is 1.40. The molecular formula is C14H18FNO3S2. The van der Waals surface area contributed by atoms with Gasteiger partial charge < -0.3 is 5.32 Å². The molecule has 116 valence electrons. The molecule has 1 aliphatic rings. The van der Waals surface area contributed by atoms with Crippen LogP contribution >= 0.6 is 11.8 Å². The zero-order chi connectivity index (χ0) is 15.3. The fraction of sp³-hybridized carbons (Fsp3) is 0.500. The SMILES string of the molecule is O=C(CS[C@H]1CCS(=O)(=O)C1)NCCc1ccc(F)cc1. The summed E-state index contributed by atoms with van der Waals surface area (Å²) in [4.78, 5) is 11.7. The quantitative estimate of drug-likeness (QED) is 0.856. The fourth-order valence-corrected chi connectivity index (χ4v) is 5.61. The van der Waals surface area contributed by atoms with Gasteiger partial charge in [-0.25, -0.2) is 12.8 Å². The first-order valence-corrected chi connectivity index (χ1v) is 9.65. The third-order valence-electron chi connectivity index (χ3n) is 3.29. The lowest BCUT2D eigenvalue weighted by molar-refractivity contribution is -0.118. The number of hydrogen-bond donors (Lipinski definition) is 1. The monoisotopic (exact) mass is 331 g/mol. The summed E-state index contributed by atoms with van der Waals surface area (Å²) in [5.41, 5.74) is 0.964. The van der Waals surface area contributed by atoms with Crippen molar-refractivity contribution in [2.24, 2.45) is 0 Å². The first kappa shape index (κ1) is 16.3. The molecule has 0 spiro atoms. The Morgan fingerprint density at radius 3 is 2.67 bits per heavy atom. The van der Waals surface area contributed by atoms with E-state index in [-0.39, 0.29) is 34.2 Å². The van der Waals surface area contributed by atoms with E-state index < -0.39 is 9.84 Å². The predicted molar refractivity (Wildman–Crippen MR) is 82.6 cm³/mol. The van der Waals surface area contributed by atoms with Crippen molar-refractivity contribution >= 4 is 27.5 Å². The topological polar surface area (TPSA) is 63.2 Å². The molecule has 1 heterocycles. The van der Waals surface area contributed by atoms with Crippen LogP contribution in [0.5, 0.6) is 0 Å². The van der Waals surface area contributed by atoms with E-state index >= 15 is 0 Å². The molecule has 1 aromatic rings. The molecule has 7 heteroatoms. The summed E-state index contributed by atoms with van der Waals surface area (Å²) < 4.78 is 35.3. The Bertz CT molecular complexity index is 587. The summed E-state index contributed by atoms with van der Waals surface area (Å²) in [7, 11) is -2.88. The molecule has 1 amide bonds. The van der Waals surface area contributed by atoms with Crippen molar-refractivity contribution in [2.45, 2.75) is 18.1 Å². The summed E-state index contributed by atoms with van der Waals surface area (Å²) in [6.07, 6.45) is 1.28. The van der Waals surface area contributed by atoms with Gasteiger partial charge in [0, 0.05) is 11.8 Å². The largest absolute Gasteiger partial charge is 0.355 e. The number of thioether (sulfide) groups is 1. The highest BCUT2D eigenvalue weighted by atomic mass is 32.2. The van der Waals surface area contributed by atoms with Crippen LogP contribution in [0.2, 0.25) is 0 Å². The maximum atomic E-state index is 12.7. The van der Waals surface area contributed by atoms with E-state index in [1.54, 1.807) is 12.1 Å². The number of carbonyl (C=O) groups excluding carboxylic acids is 1. The molecule has 0 aromatic heterocycles. The van der Waals surface area contributed by atoms with Crippen molar-refractivity contribution in [1.82, 2.24) is 5.32 Å². The number of halogens is 1. The lowest BCUT2D eigenvalue weighted by Crippen LogP contribution is -2.28. The first-order valence-electron chi connectivity index (χ1n) is 6.78. The Kier molecular flexibility index (Phi) is 5.64. The summed E-state index contributed by atoms with van der Waals surface area (Å²) in [5, 5.41) is 2.83. The van der Waals surface area contributed by atoms with Crippen molar-refractivity contribution in [2.75, 3.05) is 23.8 Å². The second-order valence-corrected chi connectivity index (χ2v) is 8.58. The van der Waals surface area contributed by atoms with E-state index in [1.165, 1.54) is 23.9 Å². The highest BCUT2D eigenvalue weighted by molar-refractivity contribution is 8.02. The number of hydrogen-bond acceptors (Lipinski definition) is 4. The Morgan fingerprint density at radius 1 is 1.33 bits per heavy atom. The van der Waals surface area contributed by atoms with Gasteiger partial charge in [-0.1, -0.05) is 12.1 Å². The number of benzene rings is 1. The molecule has 0 radical (unpaired) electrons. The van der Waals surface area contributed by atoms with Crippen molar-refractivity contribution < 1.29 is 17.6 Å². The molecule has 2 rings (SSSR count). The van der Waals surface area contributed by atoms with Gasteiger partial charge in [-0.3, -0.25) is 4.79 Å². The number of carbonyl (C=O) groups is 1. The smallest absolute Gasteiger partial charge is 0.230 e. The van der Waals surface area contributed by atoms with E-state index in [1.807, 2.05) is 0 Å². The summed E-state index contributed by atoms with van der Waals surface area (Å²) in [6, 6.07) is 6.18. The second-order valence-electron chi connectivity index (χ2n) is 5.06. The first-order chi connectivity index (χ1) is 9.94. The zero-order valence-corrected chi connectivity index (χ0v) is 13.2. The lowest BCUT2D eigenvalue weighted by Gasteiger charge is -2.08. The van der Waals surface area contributed by atoms with E-state index in [0.29, 0.717) is 19.4 Å². The van der Waals surface area contributed by atoms with Crippen LogP contribution in [-0.4, -0.2) is 43.4 Å². The van der Waals surface area contributed by atoms with E-state index in [0.717, 1.165) is 5.56 Å². The maximum Gasteiger partial charge on any atom is 0.230 e. The Labute approximate surface area is 128 Å². The molecule has 1 fully saturated rings. The molecule has 0 aliphatic carbocycles. The second kappa shape index (κ2) is 7.26. The van der Waals surface area contributed by atoms with Crippen LogP contribution in [0.4, 0.5) is 4.39 Å². The van der Waals surface area contributed by atoms with Crippen LogP contribution in [0.3, 0.4) is 0 Å². The summed E-state index contributed by atoms with van der Waals surface area (Å²) in [6.45, 7) is 0.494. The van der Waals surface area contributed by atoms with Crippen LogP contribution < -0.4 is 5.32 Å². The minimum absolute atomic E-state index is 0.0397. The highest BCUT2D eigenvalue weighted by Crippen LogP contribution is 2.23. The number of sulfone groups is 1. The Balaban J connectivity index is 1.63. The molecule has 1 N–H and O–H groups in total. The molecular weight excluding hydrogens is 313 g/mol. The molecule has 1 atom stereocenters. The maximum absolute atomic E-state index is 12.7. The van der Waals surface area contributed by atoms with Gasteiger partial charge in [0.05, 0.1) is 17.3 Å². The normalized spacial score (nSPS) is 20.3. The van der Waals surface area contributed by atoms with E-state index in [9.17, 15) is 17.6 Å². The van der Waals surface area contributed by atoms with Gasteiger partial charge in [-0.15, -0.1) is 11.8 Å². The third kappa shape index (κ3) is 5.67. The summed E-state index contributed by atoms with van der Waals surface area (Å²) >= 11 is 1.40. The van der Waals surface area contributed by atoms with Gasteiger partial charge in [-0.2, -0.15) is 0 Å². The highest BCUT2D eigenvalue weighted by Gasteiger charge is 2.28. The molecule has 1 saturated heterocycles. The Hall–Kier alpha value is -1.08.